The molecule has 3 aromatic rings. The maximum absolute atomic E-state index is 12.4. The van der Waals surface area contributed by atoms with E-state index in [4.69, 9.17) is 4.42 Å². The average Bonchev–Trinajstić information content (AvgIpc) is 3.18. The number of aromatic nitrogens is 4. The fourth-order valence-corrected chi connectivity index (χ4v) is 1.90. The van der Waals surface area contributed by atoms with Crippen molar-refractivity contribution in [3.05, 3.63) is 52.4 Å². The molecular weight excluding hydrogens is 355 g/mol. The van der Waals surface area contributed by atoms with Crippen molar-refractivity contribution in [2.75, 3.05) is 0 Å². The van der Waals surface area contributed by atoms with Crippen LogP contribution < -0.4 is 5.56 Å². The molecule has 0 aliphatic carbocycles. The van der Waals surface area contributed by atoms with E-state index in [1.54, 1.807) is 0 Å². The largest absolute Gasteiger partial charge is 0.468 e. The zero-order chi connectivity index (χ0) is 18.2. The normalized spacial score (nSPS) is 12.1. The van der Waals surface area contributed by atoms with Gasteiger partial charge in [0.15, 0.2) is 0 Å². The topological polar surface area (TPSA) is 87.0 Å². The van der Waals surface area contributed by atoms with Gasteiger partial charge in [-0.2, -0.15) is 22.0 Å². The summed E-state index contributed by atoms with van der Waals surface area (Å²) in [7, 11) is 0. The third kappa shape index (κ3) is 3.56. The Labute approximate surface area is 134 Å². The predicted molar refractivity (Wildman–Crippen MR) is 69.6 cm³/mol. The van der Waals surface area contributed by atoms with E-state index in [9.17, 15) is 26.7 Å². The highest BCUT2D eigenvalue weighted by Crippen LogP contribution is 2.28. The molecule has 0 atom stereocenters. The molecular formula is C13H7F5N4O3. The van der Waals surface area contributed by atoms with Crippen LogP contribution in [0.5, 0.6) is 0 Å². The minimum Gasteiger partial charge on any atom is -0.441 e. The zero-order valence-electron chi connectivity index (χ0n) is 12.0. The van der Waals surface area contributed by atoms with Gasteiger partial charge in [0.25, 0.3) is 11.4 Å². The lowest BCUT2D eigenvalue weighted by atomic mass is 10.2. The van der Waals surface area contributed by atoms with Gasteiger partial charge in [-0.25, -0.2) is 4.98 Å². The summed E-state index contributed by atoms with van der Waals surface area (Å²) in [6.45, 7) is -0.273. The molecule has 0 bridgehead atoms. The van der Waals surface area contributed by atoms with Gasteiger partial charge >= 0.3 is 18.5 Å². The van der Waals surface area contributed by atoms with Gasteiger partial charge in [0, 0.05) is 17.8 Å². The molecule has 0 aliphatic rings. The number of alkyl halides is 5. The molecule has 0 aromatic carbocycles. The first-order valence-corrected chi connectivity index (χ1v) is 6.58. The summed E-state index contributed by atoms with van der Waals surface area (Å²) < 4.78 is 72.1. The second-order valence-electron chi connectivity index (χ2n) is 4.77. The Morgan fingerprint density at radius 2 is 2.00 bits per heavy atom. The number of nitrogens with zero attached hydrogens (tertiary/aromatic N) is 4. The fourth-order valence-electron chi connectivity index (χ4n) is 1.90. The average molecular weight is 362 g/mol. The molecule has 3 rings (SSSR count). The summed E-state index contributed by atoms with van der Waals surface area (Å²) in [5, 5.41) is 6.53. The van der Waals surface area contributed by atoms with Crippen LogP contribution in [0.2, 0.25) is 0 Å². The van der Waals surface area contributed by atoms with Crippen LogP contribution in [0.4, 0.5) is 22.0 Å². The van der Waals surface area contributed by atoms with Crippen LogP contribution in [-0.4, -0.2) is 19.7 Å². The molecule has 7 nitrogen and oxygen atoms in total. The van der Waals surface area contributed by atoms with Gasteiger partial charge in [0.1, 0.15) is 6.26 Å². The van der Waals surface area contributed by atoms with Crippen LogP contribution in [0, 0.1) is 0 Å². The van der Waals surface area contributed by atoms with E-state index in [0.29, 0.717) is 0 Å². The number of hydrogen-bond donors (Lipinski definition) is 0. The van der Waals surface area contributed by atoms with Crippen LogP contribution in [0.3, 0.4) is 0 Å². The van der Waals surface area contributed by atoms with E-state index >= 15 is 0 Å². The Morgan fingerprint density at radius 3 is 2.56 bits per heavy atom. The van der Waals surface area contributed by atoms with Crippen molar-refractivity contribution >= 4 is 0 Å². The van der Waals surface area contributed by atoms with Gasteiger partial charge < -0.3 is 13.4 Å². The van der Waals surface area contributed by atoms with E-state index < -0.39 is 29.9 Å². The molecule has 0 saturated heterocycles. The first-order chi connectivity index (χ1) is 11.7. The molecule has 0 unspecified atom stereocenters. The Hall–Kier alpha value is -3.05. The lowest BCUT2D eigenvalue weighted by molar-refractivity contribution is -0.157. The number of pyridine rings is 1. The molecule has 0 N–H and O–H groups in total. The molecule has 12 heteroatoms. The number of hydrogen-bond acceptors (Lipinski definition) is 6. The van der Waals surface area contributed by atoms with Crippen molar-refractivity contribution in [1.29, 1.82) is 0 Å². The highest BCUT2D eigenvalue weighted by atomic mass is 19.4. The highest BCUT2D eigenvalue weighted by molar-refractivity contribution is 5.50. The zero-order valence-corrected chi connectivity index (χ0v) is 12.0. The number of oxazole rings is 1. The van der Waals surface area contributed by atoms with Crippen molar-refractivity contribution in [3.63, 3.8) is 0 Å². The summed E-state index contributed by atoms with van der Waals surface area (Å²) in [6.07, 6.45) is -5.66. The van der Waals surface area contributed by atoms with E-state index in [0.717, 1.165) is 16.9 Å². The van der Waals surface area contributed by atoms with Crippen molar-refractivity contribution < 1.29 is 30.8 Å². The summed E-state index contributed by atoms with van der Waals surface area (Å²) in [5.41, 5.74) is -0.650. The highest BCUT2D eigenvalue weighted by Gasteiger charge is 2.37. The lowest BCUT2D eigenvalue weighted by Gasteiger charge is -2.03. The molecule has 0 saturated carbocycles. The van der Waals surface area contributed by atoms with Crippen molar-refractivity contribution in [2.45, 2.75) is 19.1 Å². The number of rotatable bonds is 4. The first kappa shape index (κ1) is 16.8. The maximum Gasteiger partial charge on any atom is 0.468 e. The van der Waals surface area contributed by atoms with Gasteiger partial charge in [-0.15, -0.1) is 10.2 Å². The Balaban J connectivity index is 1.82. The van der Waals surface area contributed by atoms with E-state index in [2.05, 4.69) is 19.6 Å². The summed E-state index contributed by atoms with van der Waals surface area (Å²) in [5.74, 6) is -2.58. The van der Waals surface area contributed by atoms with Gasteiger partial charge in [-0.3, -0.25) is 4.79 Å². The monoisotopic (exact) mass is 362 g/mol. The third-order valence-corrected chi connectivity index (χ3v) is 3.00. The molecule has 25 heavy (non-hydrogen) atoms. The summed E-state index contributed by atoms with van der Waals surface area (Å²) in [6, 6.07) is 2.34. The minimum absolute atomic E-state index is 0.0942. The minimum atomic E-state index is -4.73. The van der Waals surface area contributed by atoms with Gasteiger partial charge in [-0.1, -0.05) is 0 Å². The standard InChI is InChI=1S/C13H7F5N4O3/c14-9(15)11-21-20-10(25-11)6-1-2-22(8(23)3-6)4-7-5-24-12(19-7)13(16,17)18/h1-3,5,9H,4H2. The van der Waals surface area contributed by atoms with Crippen LogP contribution in [0.15, 0.2) is 38.2 Å². The quantitative estimate of drug-likeness (QED) is 0.664. The molecule has 0 aliphatic heterocycles. The molecule has 3 heterocycles. The maximum atomic E-state index is 12.4. The van der Waals surface area contributed by atoms with E-state index in [-0.39, 0.29) is 23.7 Å². The fraction of sp³-hybridized carbons (Fsp3) is 0.231. The molecule has 0 fully saturated rings. The van der Waals surface area contributed by atoms with E-state index in [1.165, 1.54) is 12.3 Å². The first-order valence-electron chi connectivity index (χ1n) is 6.58. The van der Waals surface area contributed by atoms with Gasteiger partial charge in [0.05, 0.1) is 12.2 Å². The molecule has 132 valence electrons. The lowest BCUT2D eigenvalue weighted by Crippen LogP contribution is -2.19. The van der Waals surface area contributed by atoms with Crippen LogP contribution >= 0.6 is 0 Å². The summed E-state index contributed by atoms with van der Waals surface area (Å²) in [4.78, 5) is 15.3. The molecule has 0 spiro atoms. The van der Waals surface area contributed by atoms with E-state index in [1.807, 2.05) is 0 Å². The van der Waals surface area contributed by atoms with Gasteiger partial charge in [0.2, 0.25) is 5.89 Å². The smallest absolute Gasteiger partial charge is 0.441 e. The molecule has 3 aromatic heterocycles. The Morgan fingerprint density at radius 1 is 1.24 bits per heavy atom. The SMILES string of the molecule is O=c1cc(-c2nnc(C(F)F)o2)ccn1Cc1coc(C(F)(F)F)n1. The second-order valence-corrected chi connectivity index (χ2v) is 4.77. The Kier molecular flexibility index (Phi) is 4.10. The number of halogens is 5. The van der Waals surface area contributed by atoms with Crippen molar-refractivity contribution in [3.8, 4) is 11.5 Å². The van der Waals surface area contributed by atoms with Gasteiger partial charge in [-0.05, 0) is 6.07 Å². The molecule has 0 amide bonds. The Bertz CT molecular complexity index is 944. The van der Waals surface area contributed by atoms with Crippen LogP contribution in [-0.2, 0) is 12.7 Å². The molecule has 0 radical (unpaired) electrons. The summed E-state index contributed by atoms with van der Waals surface area (Å²) >= 11 is 0. The van der Waals surface area contributed by atoms with Crippen molar-refractivity contribution in [1.82, 2.24) is 19.7 Å². The van der Waals surface area contributed by atoms with Crippen molar-refractivity contribution in [2.24, 2.45) is 0 Å². The second kappa shape index (κ2) is 6.11. The van der Waals surface area contributed by atoms with Crippen LogP contribution in [0.25, 0.3) is 11.5 Å². The predicted octanol–water partition coefficient (Wildman–Crippen LogP) is 2.89. The third-order valence-electron chi connectivity index (χ3n) is 3.00. The van der Waals surface area contributed by atoms with Crippen LogP contribution in [0.1, 0.15) is 23.9 Å².